The van der Waals surface area contributed by atoms with Crippen molar-refractivity contribution in [3.8, 4) is 0 Å². The van der Waals surface area contributed by atoms with Gasteiger partial charge in [-0.1, -0.05) is 15.9 Å². The molecule has 3 nitrogen and oxygen atoms in total. The van der Waals surface area contributed by atoms with Crippen molar-refractivity contribution < 1.29 is 22.8 Å². The molecule has 17 heavy (non-hydrogen) atoms. The van der Waals surface area contributed by atoms with Gasteiger partial charge in [-0.3, -0.25) is 9.59 Å². The zero-order valence-corrected chi connectivity index (χ0v) is 10.4. The number of carbonyl (C=O) groups excluding carboxylic acids is 2. The molecule has 0 fully saturated rings. The number of thiophene rings is 1. The molecular formula is C9H5BrF3NO2S. The third-order valence-electron chi connectivity index (χ3n) is 2.34. The number of hydrogen-bond donors (Lipinski definition) is 1. The van der Waals surface area contributed by atoms with Gasteiger partial charge in [0.1, 0.15) is 4.83 Å². The topological polar surface area (TPSA) is 46.2 Å². The third-order valence-corrected chi connectivity index (χ3v) is 4.23. The highest BCUT2D eigenvalue weighted by atomic mass is 79.9. The van der Waals surface area contributed by atoms with Crippen LogP contribution in [-0.4, -0.2) is 22.7 Å². The quantitative estimate of drug-likeness (QED) is 0.805. The number of carbonyl (C=O) groups is 2. The summed E-state index contributed by atoms with van der Waals surface area (Å²) in [5, 5.41) is 3.42. The Kier molecular flexibility index (Phi) is 3.03. The third kappa shape index (κ3) is 2.11. The molecule has 1 aliphatic rings. The Morgan fingerprint density at radius 2 is 2.12 bits per heavy atom. The van der Waals surface area contributed by atoms with Gasteiger partial charge in [0, 0.05) is 0 Å². The predicted molar refractivity (Wildman–Crippen MR) is 58.3 cm³/mol. The first kappa shape index (κ1) is 12.6. The summed E-state index contributed by atoms with van der Waals surface area (Å²) in [5.74, 6) is -2.35. The van der Waals surface area contributed by atoms with Crippen LogP contribution in [-0.2, 0) is 4.79 Å². The van der Waals surface area contributed by atoms with E-state index in [-0.39, 0.29) is 5.78 Å². The summed E-state index contributed by atoms with van der Waals surface area (Å²) in [6, 6.07) is 0.582. The number of fused-ring (bicyclic) bond motifs is 1. The lowest BCUT2D eigenvalue weighted by Crippen LogP contribution is -2.41. The number of hydrogen-bond acceptors (Lipinski definition) is 3. The van der Waals surface area contributed by atoms with Crippen molar-refractivity contribution in [3.63, 3.8) is 0 Å². The summed E-state index contributed by atoms with van der Waals surface area (Å²) in [6.07, 6.45) is -4.95. The number of Topliss-reactive ketones (excluding diaryl/α,β-unsaturated/α-hetero) is 1. The van der Waals surface area contributed by atoms with Crippen LogP contribution in [0.2, 0.25) is 0 Å². The van der Waals surface area contributed by atoms with Crippen LogP contribution >= 0.6 is 27.3 Å². The van der Waals surface area contributed by atoms with E-state index in [0.29, 0.717) is 10.4 Å². The summed E-state index contributed by atoms with van der Waals surface area (Å²) in [5.41, 5.74) is 0.430. The fourth-order valence-corrected chi connectivity index (χ4v) is 3.29. The first-order valence-electron chi connectivity index (χ1n) is 4.45. The maximum Gasteiger partial charge on any atom is 0.471 e. The van der Waals surface area contributed by atoms with E-state index in [2.05, 4.69) is 15.9 Å². The van der Waals surface area contributed by atoms with Crippen molar-refractivity contribution in [1.29, 1.82) is 0 Å². The van der Waals surface area contributed by atoms with Crippen LogP contribution in [0.5, 0.6) is 0 Å². The number of ketones is 1. The lowest BCUT2D eigenvalue weighted by Gasteiger charge is -2.17. The van der Waals surface area contributed by atoms with Crippen molar-refractivity contribution in [2.24, 2.45) is 0 Å². The molecule has 1 amide bonds. The molecule has 2 atom stereocenters. The molecule has 0 bridgehead atoms. The second-order valence-electron chi connectivity index (χ2n) is 3.42. The first-order chi connectivity index (χ1) is 7.82. The molecule has 0 unspecified atom stereocenters. The molecule has 1 aromatic heterocycles. The zero-order chi connectivity index (χ0) is 12.8. The molecular weight excluding hydrogens is 323 g/mol. The maximum absolute atomic E-state index is 12.1. The van der Waals surface area contributed by atoms with Gasteiger partial charge < -0.3 is 5.32 Å². The van der Waals surface area contributed by atoms with Crippen LogP contribution in [0, 0.1) is 0 Å². The molecule has 8 heteroatoms. The zero-order valence-electron chi connectivity index (χ0n) is 8.05. The van der Waals surface area contributed by atoms with E-state index in [1.54, 1.807) is 11.4 Å². The van der Waals surface area contributed by atoms with Crippen molar-refractivity contribution >= 4 is 39.0 Å². The first-order valence-corrected chi connectivity index (χ1v) is 6.25. The van der Waals surface area contributed by atoms with Crippen LogP contribution in [0.3, 0.4) is 0 Å². The predicted octanol–water partition coefficient (Wildman–Crippen LogP) is 2.43. The minimum atomic E-state index is -4.95. The van der Waals surface area contributed by atoms with Crippen molar-refractivity contribution in [2.75, 3.05) is 0 Å². The van der Waals surface area contributed by atoms with Gasteiger partial charge in [-0.05, 0) is 17.0 Å². The number of nitrogens with one attached hydrogen (secondary N) is 1. The summed E-state index contributed by atoms with van der Waals surface area (Å²) >= 11 is 4.15. The molecule has 1 N–H and O–H groups in total. The van der Waals surface area contributed by atoms with Crippen LogP contribution in [0.1, 0.15) is 21.3 Å². The van der Waals surface area contributed by atoms with Gasteiger partial charge >= 0.3 is 12.1 Å². The Labute approximate surface area is 106 Å². The van der Waals surface area contributed by atoms with Crippen molar-refractivity contribution in [2.45, 2.75) is 17.0 Å². The van der Waals surface area contributed by atoms with E-state index >= 15 is 0 Å². The van der Waals surface area contributed by atoms with Gasteiger partial charge in [-0.25, -0.2) is 0 Å². The van der Waals surface area contributed by atoms with E-state index in [4.69, 9.17) is 0 Å². The highest BCUT2D eigenvalue weighted by Gasteiger charge is 2.45. The summed E-state index contributed by atoms with van der Waals surface area (Å²) < 4.78 is 36.4. The maximum atomic E-state index is 12.1. The second-order valence-corrected chi connectivity index (χ2v) is 5.32. The average Bonchev–Trinajstić information content (AvgIpc) is 2.76. The molecule has 1 heterocycles. The molecule has 0 saturated carbocycles. The van der Waals surface area contributed by atoms with Crippen LogP contribution in [0.4, 0.5) is 13.2 Å². The van der Waals surface area contributed by atoms with Gasteiger partial charge in [0.05, 0.1) is 10.9 Å². The number of halogens is 4. The Morgan fingerprint density at radius 1 is 1.47 bits per heavy atom. The number of alkyl halides is 4. The van der Waals surface area contributed by atoms with Gasteiger partial charge in [0.15, 0.2) is 5.78 Å². The second kappa shape index (κ2) is 4.09. The van der Waals surface area contributed by atoms with E-state index in [0.717, 1.165) is 11.3 Å². The van der Waals surface area contributed by atoms with Crippen molar-refractivity contribution in [1.82, 2.24) is 5.32 Å². The average molecular weight is 328 g/mol. The van der Waals surface area contributed by atoms with Crippen LogP contribution in [0.25, 0.3) is 0 Å². The minimum absolute atomic E-state index is 0.303. The Hall–Kier alpha value is -0.890. The Balaban J connectivity index is 2.24. The van der Waals surface area contributed by atoms with E-state index in [1.165, 1.54) is 0 Å². The number of amides is 1. The molecule has 1 aromatic rings. The molecule has 0 saturated heterocycles. The van der Waals surface area contributed by atoms with Crippen molar-refractivity contribution in [3.05, 3.63) is 21.9 Å². The smallest absolute Gasteiger partial charge is 0.340 e. The largest absolute Gasteiger partial charge is 0.471 e. The van der Waals surface area contributed by atoms with Crippen LogP contribution in [0.15, 0.2) is 11.4 Å². The fourth-order valence-electron chi connectivity index (χ4n) is 1.57. The molecule has 1 aliphatic carbocycles. The van der Waals surface area contributed by atoms with Gasteiger partial charge in [-0.15, -0.1) is 11.3 Å². The molecule has 0 aliphatic heterocycles. The molecule has 0 radical (unpaired) electrons. The van der Waals surface area contributed by atoms with Gasteiger partial charge in [0.25, 0.3) is 0 Å². The monoisotopic (exact) mass is 327 g/mol. The molecule has 0 spiro atoms. The Bertz CT molecular complexity index is 485. The fraction of sp³-hybridized carbons (Fsp3) is 0.333. The Morgan fingerprint density at radius 3 is 2.71 bits per heavy atom. The van der Waals surface area contributed by atoms with Gasteiger partial charge in [0.2, 0.25) is 0 Å². The standard InChI is InChI=1S/C9H5BrF3NO2S/c10-4-5(14-8(16)9(11,12)13)3-1-2-17-7(3)6(4)15/h1-2,4-5H,(H,14,16)/t4-,5-/m0/s1. The van der Waals surface area contributed by atoms with E-state index < -0.39 is 23.0 Å². The normalized spacial score (nSPS) is 23.6. The van der Waals surface area contributed by atoms with Crippen LogP contribution < -0.4 is 5.32 Å². The summed E-state index contributed by atoms with van der Waals surface area (Å²) in [6.45, 7) is 0. The summed E-state index contributed by atoms with van der Waals surface area (Å²) in [7, 11) is 0. The highest BCUT2D eigenvalue weighted by Crippen LogP contribution is 2.39. The minimum Gasteiger partial charge on any atom is -0.340 e. The molecule has 2 rings (SSSR count). The van der Waals surface area contributed by atoms with Gasteiger partial charge in [-0.2, -0.15) is 13.2 Å². The lowest BCUT2D eigenvalue weighted by molar-refractivity contribution is -0.174. The van der Waals surface area contributed by atoms with E-state index in [9.17, 15) is 22.8 Å². The molecule has 92 valence electrons. The van der Waals surface area contributed by atoms with E-state index in [1.807, 2.05) is 5.32 Å². The SMILES string of the molecule is O=C1c2sccc2[C@H](NC(=O)C(F)(F)F)[C@@H]1Br. The lowest BCUT2D eigenvalue weighted by atomic mass is 10.2. The molecule has 0 aromatic carbocycles. The summed E-state index contributed by atoms with van der Waals surface area (Å²) in [4.78, 5) is 22.0. The highest BCUT2D eigenvalue weighted by molar-refractivity contribution is 9.10. The number of rotatable bonds is 1.